The molecule has 0 spiro atoms. The van der Waals surface area contributed by atoms with E-state index in [2.05, 4.69) is 19.2 Å². The first-order valence-corrected chi connectivity index (χ1v) is 6.17. The molecule has 3 nitrogen and oxygen atoms in total. The molecule has 2 rings (SSSR count). The van der Waals surface area contributed by atoms with Crippen molar-refractivity contribution < 1.29 is 9.53 Å². The van der Waals surface area contributed by atoms with Gasteiger partial charge in [-0.3, -0.25) is 4.79 Å². The van der Waals surface area contributed by atoms with Crippen molar-refractivity contribution in [1.29, 1.82) is 0 Å². The maximum atomic E-state index is 11.0. The van der Waals surface area contributed by atoms with Gasteiger partial charge in [0.15, 0.2) is 0 Å². The highest BCUT2D eigenvalue weighted by Gasteiger charge is 2.01. The Morgan fingerprint density at radius 3 is 2.42 bits per heavy atom. The number of hydrogen-bond donors (Lipinski definition) is 1. The standard InChI is InChI=1S/C16H17NO2/c1-11-7-8-16(9-12(11)2)19-15-6-4-5-14(10-15)17-13(3)18/h4-10H,1-3H3,(H,17,18). The summed E-state index contributed by atoms with van der Waals surface area (Å²) in [6, 6.07) is 13.3. The number of anilines is 1. The predicted octanol–water partition coefficient (Wildman–Crippen LogP) is 4.05. The number of carbonyl (C=O) groups is 1. The molecule has 0 saturated carbocycles. The Balaban J connectivity index is 2.18. The lowest BCUT2D eigenvalue weighted by Crippen LogP contribution is -2.05. The summed E-state index contributed by atoms with van der Waals surface area (Å²) in [4.78, 5) is 11.0. The summed E-state index contributed by atoms with van der Waals surface area (Å²) in [5.41, 5.74) is 3.16. The quantitative estimate of drug-likeness (QED) is 0.898. The first-order chi connectivity index (χ1) is 9.04. The second-order valence-corrected chi connectivity index (χ2v) is 4.56. The molecule has 0 aliphatic heterocycles. The van der Waals surface area contributed by atoms with Crippen LogP contribution in [-0.2, 0) is 4.79 Å². The molecule has 19 heavy (non-hydrogen) atoms. The van der Waals surface area contributed by atoms with E-state index in [4.69, 9.17) is 4.74 Å². The number of amides is 1. The average molecular weight is 255 g/mol. The van der Waals surface area contributed by atoms with E-state index in [1.54, 1.807) is 6.07 Å². The lowest BCUT2D eigenvalue weighted by atomic mass is 10.1. The summed E-state index contributed by atoms with van der Waals surface area (Å²) in [5.74, 6) is 1.40. The second kappa shape index (κ2) is 5.57. The first-order valence-electron chi connectivity index (χ1n) is 6.17. The summed E-state index contributed by atoms with van der Waals surface area (Å²) in [6.45, 7) is 5.60. The maximum absolute atomic E-state index is 11.0. The number of nitrogens with one attached hydrogen (secondary N) is 1. The Morgan fingerprint density at radius 2 is 1.74 bits per heavy atom. The summed E-state index contributed by atoms with van der Waals surface area (Å²) in [5, 5.41) is 2.73. The molecule has 2 aromatic rings. The van der Waals surface area contributed by atoms with Gasteiger partial charge in [-0.2, -0.15) is 0 Å². The highest BCUT2D eigenvalue weighted by Crippen LogP contribution is 2.25. The minimum atomic E-state index is -0.0941. The summed E-state index contributed by atoms with van der Waals surface area (Å²) in [7, 11) is 0. The van der Waals surface area contributed by atoms with Gasteiger partial charge in [0.25, 0.3) is 0 Å². The fourth-order valence-corrected chi connectivity index (χ4v) is 1.75. The van der Waals surface area contributed by atoms with Gasteiger partial charge in [-0.15, -0.1) is 0 Å². The smallest absolute Gasteiger partial charge is 0.221 e. The normalized spacial score (nSPS) is 10.1. The third-order valence-electron chi connectivity index (χ3n) is 2.87. The third-order valence-corrected chi connectivity index (χ3v) is 2.87. The molecule has 0 aliphatic carbocycles. The Morgan fingerprint density at radius 1 is 1.00 bits per heavy atom. The van der Waals surface area contributed by atoms with Crippen LogP contribution >= 0.6 is 0 Å². The van der Waals surface area contributed by atoms with Crippen molar-refractivity contribution >= 4 is 11.6 Å². The van der Waals surface area contributed by atoms with Gasteiger partial charge in [0.05, 0.1) is 0 Å². The van der Waals surface area contributed by atoms with Crippen LogP contribution in [0.5, 0.6) is 11.5 Å². The molecule has 0 atom stereocenters. The SMILES string of the molecule is CC(=O)Nc1cccc(Oc2ccc(C)c(C)c2)c1. The molecular weight excluding hydrogens is 238 g/mol. The van der Waals surface area contributed by atoms with Crippen LogP contribution in [-0.4, -0.2) is 5.91 Å². The Kier molecular flexibility index (Phi) is 3.85. The van der Waals surface area contributed by atoms with Gasteiger partial charge in [-0.1, -0.05) is 12.1 Å². The number of hydrogen-bond acceptors (Lipinski definition) is 2. The second-order valence-electron chi connectivity index (χ2n) is 4.56. The van der Waals surface area contributed by atoms with E-state index in [-0.39, 0.29) is 5.91 Å². The zero-order chi connectivity index (χ0) is 13.8. The molecular formula is C16H17NO2. The Labute approximate surface area is 113 Å². The van der Waals surface area contributed by atoms with E-state index in [1.807, 2.05) is 36.4 Å². The minimum absolute atomic E-state index is 0.0941. The van der Waals surface area contributed by atoms with Crippen LogP contribution in [0.25, 0.3) is 0 Å². The lowest BCUT2D eigenvalue weighted by molar-refractivity contribution is -0.114. The van der Waals surface area contributed by atoms with Crippen LogP contribution in [0, 0.1) is 13.8 Å². The van der Waals surface area contributed by atoms with Crippen molar-refractivity contribution in [3.05, 3.63) is 53.6 Å². The maximum Gasteiger partial charge on any atom is 0.221 e. The van der Waals surface area contributed by atoms with Gasteiger partial charge >= 0.3 is 0 Å². The van der Waals surface area contributed by atoms with Crippen LogP contribution in [0.4, 0.5) is 5.69 Å². The van der Waals surface area contributed by atoms with E-state index in [1.165, 1.54) is 18.1 Å². The van der Waals surface area contributed by atoms with Crippen molar-refractivity contribution in [2.24, 2.45) is 0 Å². The molecule has 98 valence electrons. The molecule has 1 amide bonds. The lowest BCUT2D eigenvalue weighted by Gasteiger charge is -2.09. The Hall–Kier alpha value is -2.29. The molecule has 0 saturated heterocycles. The summed E-state index contributed by atoms with van der Waals surface area (Å²) in [6.07, 6.45) is 0. The van der Waals surface area contributed by atoms with E-state index < -0.39 is 0 Å². The number of ether oxygens (including phenoxy) is 1. The zero-order valence-electron chi connectivity index (χ0n) is 11.4. The highest BCUT2D eigenvalue weighted by atomic mass is 16.5. The van der Waals surface area contributed by atoms with Crippen molar-refractivity contribution in [3.63, 3.8) is 0 Å². The molecule has 2 aromatic carbocycles. The third kappa shape index (κ3) is 3.58. The number of aryl methyl sites for hydroxylation is 2. The first kappa shape index (κ1) is 13.1. The van der Waals surface area contributed by atoms with Crippen LogP contribution < -0.4 is 10.1 Å². The van der Waals surface area contributed by atoms with Gasteiger partial charge in [-0.25, -0.2) is 0 Å². The molecule has 3 heteroatoms. The average Bonchev–Trinajstić information content (AvgIpc) is 2.33. The fourth-order valence-electron chi connectivity index (χ4n) is 1.75. The van der Waals surface area contributed by atoms with E-state index in [0.717, 1.165) is 11.4 Å². The fraction of sp³-hybridized carbons (Fsp3) is 0.188. The largest absolute Gasteiger partial charge is 0.457 e. The van der Waals surface area contributed by atoms with Crippen molar-refractivity contribution in [2.75, 3.05) is 5.32 Å². The Bertz CT molecular complexity index is 605. The number of rotatable bonds is 3. The van der Waals surface area contributed by atoms with Crippen LogP contribution in [0.3, 0.4) is 0 Å². The zero-order valence-corrected chi connectivity index (χ0v) is 11.4. The van der Waals surface area contributed by atoms with Gasteiger partial charge in [-0.05, 0) is 49.2 Å². The van der Waals surface area contributed by atoms with Gasteiger partial charge in [0.2, 0.25) is 5.91 Å². The van der Waals surface area contributed by atoms with Crippen molar-refractivity contribution in [1.82, 2.24) is 0 Å². The minimum Gasteiger partial charge on any atom is -0.457 e. The molecule has 0 bridgehead atoms. The van der Waals surface area contributed by atoms with Crippen LogP contribution in [0.15, 0.2) is 42.5 Å². The molecule has 0 fully saturated rings. The van der Waals surface area contributed by atoms with Crippen LogP contribution in [0.1, 0.15) is 18.1 Å². The van der Waals surface area contributed by atoms with E-state index >= 15 is 0 Å². The topological polar surface area (TPSA) is 38.3 Å². The van der Waals surface area contributed by atoms with Gasteiger partial charge in [0, 0.05) is 18.7 Å². The van der Waals surface area contributed by atoms with Crippen LogP contribution in [0.2, 0.25) is 0 Å². The molecule has 0 heterocycles. The monoisotopic (exact) mass is 255 g/mol. The number of carbonyl (C=O) groups excluding carboxylic acids is 1. The number of benzene rings is 2. The molecule has 0 aliphatic rings. The molecule has 1 N–H and O–H groups in total. The van der Waals surface area contributed by atoms with Gasteiger partial charge < -0.3 is 10.1 Å². The summed E-state index contributed by atoms with van der Waals surface area (Å²) >= 11 is 0. The molecule has 0 radical (unpaired) electrons. The van der Waals surface area contributed by atoms with E-state index in [9.17, 15) is 4.79 Å². The highest BCUT2D eigenvalue weighted by molar-refractivity contribution is 5.88. The van der Waals surface area contributed by atoms with E-state index in [0.29, 0.717) is 5.75 Å². The van der Waals surface area contributed by atoms with Gasteiger partial charge in [0.1, 0.15) is 11.5 Å². The van der Waals surface area contributed by atoms with Crippen molar-refractivity contribution in [3.8, 4) is 11.5 Å². The molecule has 0 aromatic heterocycles. The molecule has 0 unspecified atom stereocenters. The summed E-state index contributed by atoms with van der Waals surface area (Å²) < 4.78 is 5.79. The predicted molar refractivity (Wildman–Crippen MR) is 76.7 cm³/mol. The van der Waals surface area contributed by atoms with Crippen molar-refractivity contribution in [2.45, 2.75) is 20.8 Å².